The number of unbranched alkanes of at least 4 members (excludes halogenated alkanes) is 40. The summed E-state index contributed by atoms with van der Waals surface area (Å²) in [5, 5.41) is 23.1. The first-order valence-electron chi connectivity index (χ1n) is 26.6. The first kappa shape index (κ1) is 56.9. The summed E-state index contributed by atoms with van der Waals surface area (Å²) < 4.78 is 0. The number of amides is 1. The van der Waals surface area contributed by atoms with E-state index in [9.17, 15) is 15.0 Å². The zero-order valence-electron chi connectivity index (χ0n) is 39.6. The third-order valence-electron chi connectivity index (χ3n) is 12.4. The average molecular weight is 816 g/mol. The molecule has 3 N–H and O–H groups in total. The van der Waals surface area contributed by atoms with Crippen LogP contribution in [0.5, 0.6) is 0 Å². The van der Waals surface area contributed by atoms with Crippen LogP contribution in [0.1, 0.15) is 296 Å². The van der Waals surface area contributed by atoms with Gasteiger partial charge in [0.05, 0.1) is 18.8 Å². The number of carbonyl (C=O) groups is 1. The van der Waals surface area contributed by atoms with E-state index in [4.69, 9.17) is 0 Å². The van der Waals surface area contributed by atoms with E-state index in [1.807, 2.05) is 6.08 Å². The number of rotatable bonds is 49. The van der Waals surface area contributed by atoms with Crippen molar-refractivity contribution in [3.63, 3.8) is 0 Å². The second kappa shape index (κ2) is 50.2. The van der Waals surface area contributed by atoms with Gasteiger partial charge in [0, 0.05) is 6.42 Å². The molecule has 0 radical (unpaired) electrons. The Morgan fingerprint density at radius 2 is 0.672 bits per heavy atom. The molecule has 0 aliphatic rings. The predicted octanol–water partition coefficient (Wildman–Crippen LogP) is 17.1. The van der Waals surface area contributed by atoms with Crippen LogP contribution in [0, 0.1) is 0 Å². The second-order valence-corrected chi connectivity index (χ2v) is 18.3. The Balaban J connectivity index is 3.47. The summed E-state index contributed by atoms with van der Waals surface area (Å²) in [6.45, 7) is 4.33. The Hall–Kier alpha value is -1.13. The Bertz CT molecular complexity index is 840. The molecule has 0 rings (SSSR count). The maximum atomic E-state index is 12.4. The van der Waals surface area contributed by atoms with Gasteiger partial charge in [-0.25, -0.2) is 0 Å². The van der Waals surface area contributed by atoms with Crippen molar-refractivity contribution < 1.29 is 15.0 Å². The SMILES string of the molecule is CCCCCCCCCCCCCC/C=C/CC/C=C/C(O)C(CO)NC(=O)CCCCCCCCCCCCCCCCCCCCCCCCCCCCCC. The van der Waals surface area contributed by atoms with Gasteiger partial charge in [0.25, 0.3) is 0 Å². The van der Waals surface area contributed by atoms with Crippen molar-refractivity contribution in [3.05, 3.63) is 24.3 Å². The zero-order chi connectivity index (χ0) is 42.1. The average Bonchev–Trinajstić information content (AvgIpc) is 3.23. The van der Waals surface area contributed by atoms with Gasteiger partial charge in [-0.1, -0.05) is 282 Å². The second-order valence-electron chi connectivity index (χ2n) is 18.3. The first-order chi connectivity index (χ1) is 28.7. The summed E-state index contributed by atoms with van der Waals surface area (Å²) in [5.74, 6) is -0.0675. The van der Waals surface area contributed by atoms with E-state index in [0.717, 1.165) is 32.1 Å². The van der Waals surface area contributed by atoms with Crippen molar-refractivity contribution in [1.29, 1.82) is 0 Å². The predicted molar refractivity (Wildman–Crippen MR) is 258 cm³/mol. The highest BCUT2D eigenvalue weighted by Crippen LogP contribution is 2.17. The normalized spacial score (nSPS) is 13.0. The summed E-state index contributed by atoms with van der Waals surface area (Å²) in [6, 6.07) is -0.635. The monoisotopic (exact) mass is 816 g/mol. The van der Waals surface area contributed by atoms with Crippen LogP contribution in [0.3, 0.4) is 0 Å². The van der Waals surface area contributed by atoms with Gasteiger partial charge in [0.2, 0.25) is 5.91 Å². The molecule has 0 aromatic carbocycles. The van der Waals surface area contributed by atoms with Crippen LogP contribution in [0.25, 0.3) is 0 Å². The largest absolute Gasteiger partial charge is 0.394 e. The Kier molecular flexibility index (Phi) is 49.2. The van der Waals surface area contributed by atoms with E-state index in [-0.39, 0.29) is 12.5 Å². The number of allylic oxidation sites excluding steroid dienone is 3. The van der Waals surface area contributed by atoms with E-state index < -0.39 is 12.1 Å². The molecule has 4 heteroatoms. The molecule has 0 aromatic rings. The molecule has 2 unspecified atom stereocenters. The molecular formula is C54H105NO3. The van der Waals surface area contributed by atoms with Gasteiger partial charge in [0.15, 0.2) is 0 Å². The summed E-state index contributed by atoms with van der Waals surface area (Å²) in [5.41, 5.74) is 0. The minimum Gasteiger partial charge on any atom is -0.394 e. The first-order valence-corrected chi connectivity index (χ1v) is 26.6. The van der Waals surface area contributed by atoms with E-state index in [1.165, 1.54) is 244 Å². The third kappa shape index (κ3) is 45.9. The molecule has 1 amide bonds. The number of nitrogens with one attached hydrogen (secondary N) is 1. The molecule has 0 aromatic heterocycles. The van der Waals surface area contributed by atoms with E-state index in [0.29, 0.717) is 6.42 Å². The van der Waals surface area contributed by atoms with Crippen molar-refractivity contribution in [2.75, 3.05) is 6.61 Å². The molecule has 2 atom stereocenters. The number of hydrogen-bond acceptors (Lipinski definition) is 3. The van der Waals surface area contributed by atoms with Crippen molar-refractivity contribution in [2.45, 2.75) is 309 Å². The zero-order valence-corrected chi connectivity index (χ0v) is 39.6. The summed E-state index contributed by atoms with van der Waals surface area (Å²) in [7, 11) is 0. The van der Waals surface area contributed by atoms with Crippen LogP contribution in [-0.2, 0) is 4.79 Å². The molecule has 0 fully saturated rings. The lowest BCUT2D eigenvalue weighted by atomic mass is 10.0. The molecule has 0 aliphatic heterocycles. The van der Waals surface area contributed by atoms with Gasteiger partial charge >= 0.3 is 0 Å². The molecule has 0 saturated heterocycles. The molecule has 58 heavy (non-hydrogen) atoms. The van der Waals surface area contributed by atoms with Gasteiger partial charge in [-0.05, 0) is 32.1 Å². The summed E-state index contributed by atoms with van der Waals surface area (Å²) in [6.07, 6.45) is 66.2. The van der Waals surface area contributed by atoms with Gasteiger partial charge < -0.3 is 15.5 Å². The lowest BCUT2D eigenvalue weighted by Gasteiger charge is -2.19. The summed E-state index contributed by atoms with van der Waals surface area (Å²) >= 11 is 0. The fourth-order valence-corrected chi connectivity index (χ4v) is 8.37. The molecule has 0 spiro atoms. The van der Waals surface area contributed by atoms with Crippen LogP contribution < -0.4 is 5.32 Å². The fourth-order valence-electron chi connectivity index (χ4n) is 8.37. The topological polar surface area (TPSA) is 69.6 Å². The molecule has 0 saturated carbocycles. The molecule has 4 nitrogen and oxygen atoms in total. The van der Waals surface area contributed by atoms with Crippen LogP contribution in [0.2, 0.25) is 0 Å². The standard InChI is InChI=1S/C54H105NO3/c1-3-5-7-9-11-13-15-17-19-21-23-24-25-26-27-28-29-30-31-32-34-36-38-40-42-44-46-48-50-54(58)55-52(51-56)53(57)49-47-45-43-41-39-37-35-33-22-20-18-16-14-12-10-8-6-4-2/h39,41,47,49,52-53,56-57H,3-38,40,42-46,48,50-51H2,1-2H3,(H,55,58)/b41-39+,49-47+. The molecule has 0 aliphatic carbocycles. The van der Waals surface area contributed by atoms with Crippen LogP contribution in [0.15, 0.2) is 24.3 Å². The highest BCUT2D eigenvalue weighted by atomic mass is 16.3. The van der Waals surface area contributed by atoms with E-state index >= 15 is 0 Å². The van der Waals surface area contributed by atoms with Crippen LogP contribution >= 0.6 is 0 Å². The van der Waals surface area contributed by atoms with Gasteiger partial charge in [-0.2, -0.15) is 0 Å². The smallest absolute Gasteiger partial charge is 0.220 e. The lowest BCUT2D eigenvalue weighted by molar-refractivity contribution is -0.123. The highest BCUT2D eigenvalue weighted by molar-refractivity contribution is 5.76. The Labute approximate surface area is 364 Å². The Morgan fingerprint density at radius 3 is 1.00 bits per heavy atom. The van der Waals surface area contributed by atoms with Crippen molar-refractivity contribution in [1.82, 2.24) is 5.32 Å². The van der Waals surface area contributed by atoms with Gasteiger partial charge in [-0.3, -0.25) is 4.79 Å². The third-order valence-corrected chi connectivity index (χ3v) is 12.4. The molecule has 0 heterocycles. The van der Waals surface area contributed by atoms with E-state index in [1.54, 1.807) is 6.08 Å². The van der Waals surface area contributed by atoms with Gasteiger partial charge in [0.1, 0.15) is 0 Å². The van der Waals surface area contributed by atoms with Crippen LogP contribution in [0.4, 0.5) is 0 Å². The molecule has 0 bridgehead atoms. The quantitative estimate of drug-likeness (QED) is 0.0423. The van der Waals surface area contributed by atoms with E-state index in [2.05, 4.69) is 31.3 Å². The lowest BCUT2D eigenvalue weighted by Crippen LogP contribution is -2.45. The number of aliphatic hydroxyl groups excluding tert-OH is 2. The number of carbonyl (C=O) groups excluding carboxylic acids is 1. The Morgan fingerprint density at radius 1 is 0.397 bits per heavy atom. The minimum atomic E-state index is -0.859. The maximum absolute atomic E-state index is 12.4. The number of aliphatic hydroxyl groups is 2. The maximum Gasteiger partial charge on any atom is 0.220 e. The van der Waals surface area contributed by atoms with Crippen molar-refractivity contribution in [2.24, 2.45) is 0 Å². The van der Waals surface area contributed by atoms with Crippen LogP contribution in [-0.4, -0.2) is 34.9 Å². The van der Waals surface area contributed by atoms with Gasteiger partial charge in [-0.15, -0.1) is 0 Å². The van der Waals surface area contributed by atoms with Crippen molar-refractivity contribution >= 4 is 5.91 Å². The molecule has 344 valence electrons. The molecular weight excluding hydrogens is 711 g/mol. The number of hydrogen-bond donors (Lipinski definition) is 3. The summed E-state index contributed by atoms with van der Waals surface area (Å²) in [4.78, 5) is 12.4. The highest BCUT2D eigenvalue weighted by Gasteiger charge is 2.18. The van der Waals surface area contributed by atoms with Crippen molar-refractivity contribution in [3.8, 4) is 0 Å². The fraction of sp³-hybridized carbons (Fsp3) is 0.907. The minimum absolute atomic E-state index is 0.0675.